The highest BCUT2D eigenvalue weighted by Crippen LogP contribution is 2.32. The Hall–Kier alpha value is -2.05. The van der Waals surface area contributed by atoms with Gasteiger partial charge in [-0.2, -0.15) is 0 Å². The maximum absolute atomic E-state index is 11.7. The second-order valence-corrected chi connectivity index (χ2v) is 5.83. The molecule has 0 aliphatic rings. The van der Waals surface area contributed by atoms with Crippen LogP contribution in [0, 0.1) is 11.6 Å². The van der Waals surface area contributed by atoms with Gasteiger partial charge in [0.05, 0.1) is 7.11 Å². The summed E-state index contributed by atoms with van der Waals surface area (Å²) in [6, 6.07) is 8.10. The molecule has 0 bridgehead atoms. The fourth-order valence-corrected chi connectivity index (χ4v) is 3.49. The standard InChI is InChI=1S/C15H12N2O2S2/c1-8-12(15(18)19-2)14(20)17-13(16-8)10-7-21-11-6-4-3-5-9(10)11/h3-7H,1-2H3,(H,16,17,20). The molecule has 1 N–H and O–H groups in total. The summed E-state index contributed by atoms with van der Waals surface area (Å²) in [6.45, 7) is 1.79. The number of thiophene rings is 1. The number of hydrogen-bond donors (Lipinski definition) is 1. The van der Waals surface area contributed by atoms with Gasteiger partial charge in [0.2, 0.25) is 0 Å². The molecular formula is C15H12N2O2S2. The number of carbonyl (C=O) groups is 1. The summed E-state index contributed by atoms with van der Waals surface area (Å²) in [5.74, 6) is 0.200. The molecule has 1 aromatic carbocycles. The number of nitrogens with one attached hydrogen (secondary N) is 1. The van der Waals surface area contributed by atoms with Gasteiger partial charge in [0.25, 0.3) is 0 Å². The van der Waals surface area contributed by atoms with Crippen molar-refractivity contribution in [2.45, 2.75) is 6.92 Å². The number of aromatic amines is 1. The molecule has 0 saturated heterocycles. The molecular weight excluding hydrogens is 304 g/mol. The average Bonchev–Trinajstić information content (AvgIpc) is 2.90. The van der Waals surface area contributed by atoms with E-state index in [1.807, 2.05) is 23.6 Å². The monoisotopic (exact) mass is 316 g/mol. The Labute approximate surface area is 130 Å². The first kappa shape index (κ1) is 13.9. The Bertz CT molecular complexity index is 896. The smallest absolute Gasteiger partial charge is 0.342 e. The molecule has 0 saturated carbocycles. The predicted molar refractivity (Wildman–Crippen MR) is 86.3 cm³/mol. The number of benzene rings is 1. The molecule has 4 nitrogen and oxygen atoms in total. The van der Waals surface area contributed by atoms with E-state index in [4.69, 9.17) is 17.0 Å². The van der Waals surface area contributed by atoms with Gasteiger partial charge < -0.3 is 9.72 Å². The summed E-state index contributed by atoms with van der Waals surface area (Å²) < 4.78 is 6.17. The van der Waals surface area contributed by atoms with Crippen LogP contribution in [0.5, 0.6) is 0 Å². The normalized spacial score (nSPS) is 10.8. The number of methoxy groups -OCH3 is 1. The molecule has 0 atom stereocenters. The number of H-pyrrole nitrogens is 1. The van der Waals surface area contributed by atoms with Crippen molar-refractivity contribution in [2.75, 3.05) is 7.11 Å². The van der Waals surface area contributed by atoms with E-state index in [1.54, 1.807) is 18.3 Å². The van der Waals surface area contributed by atoms with Crippen molar-refractivity contribution in [2.24, 2.45) is 0 Å². The zero-order chi connectivity index (χ0) is 15.0. The summed E-state index contributed by atoms with van der Waals surface area (Å²) in [5, 5.41) is 3.15. The van der Waals surface area contributed by atoms with Gasteiger partial charge in [-0.15, -0.1) is 11.3 Å². The van der Waals surface area contributed by atoms with E-state index in [2.05, 4.69) is 16.0 Å². The van der Waals surface area contributed by atoms with Gasteiger partial charge in [-0.1, -0.05) is 30.4 Å². The van der Waals surface area contributed by atoms with Gasteiger partial charge in [-0.05, 0) is 13.0 Å². The van der Waals surface area contributed by atoms with Gasteiger partial charge in [-0.25, -0.2) is 9.78 Å². The van der Waals surface area contributed by atoms with E-state index in [1.165, 1.54) is 11.8 Å². The first-order valence-electron chi connectivity index (χ1n) is 6.27. The van der Waals surface area contributed by atoms with Crippen molar-refractivity contribution in [3.8, 4) is 11.4 Å². The Balaban J connectivity index is 2.21. The van der Waals surface area contributed by atoms with E-state index < -0.39 is 5.97 Å². The molecule has 6 heteroatoms. The maximum Gasteiger partial charge on any atom is 0.342 e. The van der Waals surface area contributed by atoms with Crippen LogP contribution in [0.15, 0.2) is 29.6 Å². The lowest BCUT2D eigenvalue weighted by molar-refractivity contribution is 0.0598. The summed E-state index contributed by atoms with van der Waals surface area (Å²) in [5.41, 5.74) is 1.96. The van der Waals surface area contributed by atoms with Crippen LogP contribution < -0.4 is 0 Å². The topological polar surface area (TPSA) is 55.0 Å². The van der Waals surface area contributed by atoms with E-state index in [0.717, 1.165) is 10.9 Å². The Kier molecular flexibility index (Phi) is 3.57. The van der Waals surface area contributed by atoms with Crippen molar-refractivity contribution in [3.63, 3.8) is 0 Å². The minimum Gasteiger partial charge on any atom is -0.465 e. The van der Waals surface area contributed by atoms with E-state index >= 15 is 0 Å². The number of aryl methyl sites for hydroxylation is 1. The fraction of sp³-hybridized carbons (Fsp3) is 0.133. The molecule has 3 aromatic rings. The van der Waals surface area contributed by atoms with Crippen LogP contribution in [-0.2, 0) is 4.74 Å². The number of hydrogen-bond acceptors (Lipinski definition) is 5. The highest BCUT2D eigenvalue weighted by Gasteiger charge is 2.16. The van der Waals surface area contributed by atoms with Crippen LogP contribution in [0.4, 0.5) is 0 Å². The highest BCUT2D eigenvalue weighted by molar-refractivity contribution is 7.71. The Morgan fingerprint density at radius 3 is 2.86 bits per heavy atom. The third-order valence-corrected chi connectivity index (χ3v) is 4.49. The molecule has 0 fully saturated rings. The molecule has 0 amide bonds. The predicted octanol–water partition coefficient (Wildman–Crippen LogP) is 4.12. The summed E-state index contributed by atoms with van der Waals surface area (Å²) in [7, 11) is 1.33. The SMILES string of the molecule is COC(=O)c1c(C)[nH]c(-c2csc3ccccc23)nc1=S. The van der Waals surface area contributed by atoms with Crippen molar-refractivity contribution >= 4 is 39.6 Å². The van der Waals surface area contributed by atoms with E-state index in [-0.39, 0.29) is 4.64 Å². The first-order valence-corrected chi connectivity index (χ1v) is 7.56. The zero-order valence-corrected chi connectivity index (χ0v) is 13.1. The fourth-order valence-electron chi connectivity index (χ4n) is 2.22. The molecule has 0 unspecified atom stereocenters. The largest absolute Gasteiger partial charge is 0.465 e. The quantitative estimate of drug-likeness (QED) is 0.571. The number of nitrogens with zero attached hydrogens (tertiary/aromatic N) is 1. The lowest BCUT2D eigenvalue weighted by Gasteiger charge is -2.07. The molecule has 0 aliphatic heterocycles. The average molecular weight is 316 g/mol. The summed E-state index contributed by atoms with van der Waals surface area (Å²) >= 11 is 6.89. The molecule has 106 valence electrons. The zero-order valence-electron chi connectivity index (χ0n) is 11.5. The van der Waals surface area contributed by atoms with Gasteiger partial charge in [0, 0.05) is 26.7 Å². The van der Waals surface area contributed by atoms with Crippen LogP contribution in [0.2, 0.25) is 0 Å². The van der Waals surface area contributed by atoms with Crippen LogP contribution >= 0.6 is 23.6 Å². The van der Waals surface area contributed by atoms with Gasteiger partial charge >= 0.3 is 5.97 Å². The Morgan fingerprint density at radius 2 is 2.14 bits per heavy atom. The summed E-state index contributed by atoms with van der Waals surface area (Å²) in [4.78, 5) is 19.2. The summed E-state index contributed by atoms with van der Waals surface area (Å²) in [6.07, 6.45) is 0. The number of carbonyl (C=O) groups excluding carboxylic acids is 1. The molecule has 2 aromatic heterocycles. The van der Waals surface area contributed by atoms with Crippen molar-refractivity contribution < 1.29 is 9.53 Å². The number of ether oxygens (including phenoxy) is 1. The minimum atomic E-state index is -0.469. The van der Waals surface area contributed by atoms with Gasteiger partial charge in [0.1, 0.15) is 16.0 Å². The van der Waals surface area contributed by atoms with Crippen LogP contribution in [-0.4, -0.2) is 23.0 Å². The van der Waals surface area contributed by atoms with Crippen LogP contribution in [0.1, 0.15) is 16.1 Å². The van der Waals surface area contributed by atoms with Crippen LogP contribution in [0.25, 0.3) is 21.5 Å². The number of rotatable bonds is 2. The first-order chi connectivity index (χ1) is 10.1. The van der Waals surface area contributed by atoms with Gasteiger partial charge in [0.15, 0.2) is 0 Å². The molecule has 21 heavy (non-hydrogen) atoms. The third-order valence-electron chi connectivity index (χ3n) is 3.23. The lowest BCUT2D eigenvalue weighted by atomic mass is 10.1. The highest BCUT2D eigenvalue weighted by atomic mass is 32.1. The number of fused-ring (bicyclic) bond motifs is 1. The Morgan fingerprint density at radius 1 is 1.38 bits per heavy atom. The third kappa shape index (κ3) is 2.36. The second-order valence-electron chi connectivity index (χ2n) is 4.53. The molecule has 2 heterocycles. The van der Waals surface area contributed by atoms with E-state index in [0.29, 0.717) is 17.1 Å². The minimum absolute atomic E-state index is 0.253. The van der Waals surface area contributed by atoms with E-state index in [9.17, 15) is 4.79 Å². The lowest BCUT2D eigenvalue weighted by Crippen LogP contribution is -2.08. The van der Waals surface area contributed by atoms with Crippen molar-refractivity contribution in [1.29, 1.82) is 0 Å². The van der Waals surface area contributed by atoms with Crippen molar-refractivity contribution in [1.82, 2.24) is 9.97 Å². The molecule has 0 aliphatic carbocycles. The molecule has 0 radical (unpaired) electrons. The molecule has 3 rings (SSSR count). The second kappa shape index (κ2) is 5.38. The maximum atomic E-state index is 11.7. The van der Waals surface area contributed by atoms with Crippen LogP contribution in [0.3, 0.4) is 0 Å². The van der Waals surface area contributed by atoms with Crippen molar-refractivity contribution in [3.05, 3.63) is 45.5 Å². The van der Waals surface area contributed by atoms with Gasteiger partial charge in [-0.3, -0.25) is 0 Å². The molecule has 0 spiro atoms. The number of esters is 1. The number of aromatic nitrogens is 2.